The molecule has 1 heterocycles. The lowest BCUT2D eigenvalue weighted by atomic mass is 9.96. The Hall–Kier alpha value is -2.31. The van der Waals surface area contributed by atoms with Crippen molar-refractivity contribution in [2.75, 3.05) is 54.6 Å². The minimum absolute atomic E-state index is 0.0975. The van der Waals surface area contributed by atoms with Crippen LogP contribution in [0.4, 0.5) is 4.39 Å². The van der Waals surface area contributed by atoms with Gasteiger partial charge in [0.25, 0.3) is 0 Å². The van der Waals surface area contributed by atoms with E-state index in [1.165, 1.54) is 12.8 Å². The second-order valence-electron chi connectivity index (χ2n) is 8.37. The maximum atomic E-state index is 13.9. The van der Waals surface area contributed by atoms with Crippen molar-refractivity contribution in [2.45, 2.75) is 25.8 Å². The number of likely N-dealkylation sites (tertiary alicyclic amines) is 1. The average Bonchev–Trinajstić information content (AvgIpc) is 2.78. The molecular formula is C25H35FN2O3. The lowest BCUT2D eigenvalue weighted by molar-refractivity contribution is 0.141. The van der Waals surface area contributed by atoms with Crippen molar-refractivity contribution >= 4 is 0 Å². The van der Waals surface area contributed by atoms with Gasteiger partial charge in [-0.3, -0.25) is 0 Å². The normalized spacial score (nSPS) is 17.0. The highest BCUT2D eigenvalue weighted by Gasteiger charge is 2.22. The molecule has 0 unspecified atom stereocenters. The summed E-state index contributed by atoms with van der Waals surface area (Å²) in [7, 11) is 7.10. The predicted molar refractivity (Wildman–Crippen MR) is 122 cm³/mol. The number of piperidine rings is 1. The van der Waals surface area contributed by atoms with Crippen LogP contribution in [-0.4, -0.2) is 64.4 Å². The van der Waals surface area contributed by atoms with Crippen LogP contribution in [0.3, 0.4) is 0 Å². The molecule has 0 aromatic heterocycles. The number of rotatable bonds is 10. The van der Waals surface area contributed by atoms with Gasteiger partial charge in [0.05, 0.1) is 21.3 Å². The van der Waals surface area contributed by atoms with E-state index in [-0.39, 0.29) is 5.82 Å². The Morgan fingerprint density at radius 2 is 1.71 bits per heavy atom. The Morgan fingerprint density at radius 1 is 1.00 bits per heavy atom. The molecule has 170 valence electrons. The second-order valence-corrected chi connectivity index (χ2v) is 8.37. The number of methoxy groups -OCH3 is 3. The third-order valence-electron chi connectivity index (χ3n) is 6.06. The van der Waals surface area contributed by atoms with E-state index in [0.717, 1.165) is 56.0 Å². The number of benzene rings is 2. The minimum atomic E-state index is -0.0975. The lowest BCUT2D eigenvalue weighted by Crippen LogP contribution is -2.40. The van der Waals surface area contributed by atoms with E-state index in [0.29, 0.717) is 17.4 Å². The van der Waals surface area contributed by atoms with Gasteiger partial charge in [-0.2, -0.15) is 0 Å². The summed E-state index contributed by atoms with van der Waals surface area (Å²) in [4.78, 5) is 4.82. The van der Waals surface area contributed by atoms with Crippen molar-refractivity contribution < 1.29 is 18.6 Å². The van der Waals surface area contributed by atoms with Crippen LogP contribution in [0.2, 0.25) is 0 Å². The number of hydrogen-bond acceptors (Lipinski definition) is 5. The van der Waals surface area contributed by atoms with Gasteiger partial charge >= 0.3 is 0 Å². The first-order valence-electron chi connectivity index (χ1n) is 11.0. The van der Waals surface area contributed by atoms with Crippen LogP contribution < -0.4 is 14.2 Å². The van der Waals surface area contributed by atoms with Gasteiger partial charge in [0.15, 0.2) is 11.5 Å². The Bertz CT molecular complexity index is 846. The Morgan fingerprint density at radius 3 is 2.42 bits per heavy atom. The van der Waals surface area contributed by atoms with Gasteiger partial charge in [0, 0.05) is 37.8 Å². The molecule has 0 bridgehead atoms. The van der Waals surface area contributed by atoms with Crippen LogP contribution in [0.1, 0.15) is 24.0 Å². The van der Waals surface area contributed by atoms with Gasteiger partial charge in [-0.1, -0.05) is 18.2 Å². The fraction of sp³-hybridized carbons (Fsp3) is 0.520. The third kappa shape index (κ3) is 6.34. The molecule has 0 spiro atoms. The molecule has 0 amide bonds. The summed E-state index contributed by atoms with van der Waals surface area (Å²) >= 11 is 0. The summed E-state index contributed by atoms with van der Waals surface area (Å²) in [5.41, 5.74) is 1.89. The molecule has 1 atom stereocenters. The molecule has 0 aliphatic carbocycles. The summed E-state index contributed by atoms with van der Waals surface area (Å²) < 4.78 is 30.3. The van der Waals surface area contributed by atoms with E-state index >= 15 is 0 Å². The summed E-state index contributed by atoms with van der Waals surface area (Å²) in [6.45, 7) is 4.84. The first kappa shape index (κ1) is 23.4. The second kappa shape index (κ2) is 11.3. The summed E-state index contributed by atoms with van der Waals surface area (Å²) in [5, 5.41) is 0. The highest BCUT2D eigenvalue weighted by atomic mass is 19.1. The van der Waals surface area contributed by atoms with E-state index in [2.05, 4.69) is 16.8 Å². The molecule has 0 saturated carbocycles. The SMILES string of the molecule is COc1cc(OC)c(OC)cc1CN(C)C[C@@H]1CCCN(CCc2ccccc2F)C1. The molecule has 0 radical (unpaired) electrons. The fourth-order valence-electron chi connectivity index (χ4n) is 4.50. The first-order valence-corrected chi connectivity index (χ1v) is 11.0. The zero-order valence-electron chi connectivity index (χ0n) is 19.2. The fourth-order valence-corrected chi connectivity index (χ4v) is 4.50. The smallest absolute Gasteiger partial charge is 0.164 e. The number of nitrogens with zero attached hydrogens (tertiary/aromatic N) is 2. The summed E-state index contributed by atoms with van der Waals surface area (Å²) in [6.07, 6.45) is 3.18. The average molecular weight is 431 g/mol. The Kier molecular flexibility index (Phi) is 8.55. The standard InChI is InChI=1S/C25H35FN2O3/c1-27(18-21-14-24(30-3)25(31-4)15-23(21)29-2)16-19-8-7-12-28(17-19)13-11-20-9-5-6-10-22(20)26/h5-6,9-10,14-15,19H,7-8,11-13,16-18H2,1-4H3/t19-/m0/s1. The maximum absolute atomic E-state index is 13.9. The van der Waals surface area contributed by atoms with Crippen molar-refractivity contribution in [1.29, 1.82) is 0 Å². The number of halogens is 1. The van der Waals surface area contributed by atoms with Gasteiger partial charge in [-0.05, 0) is 56.5 Å². The molecule has 5 nitrogen and oxygen atoms in total. The molecule has 6 heteroatoms. The van der Waals surface area contributed by atoms with Crippen LogP contribution >= 0.6 is 0 Å². The number of hydrogen-bond donors (Lipinski definition) is 0. The molecule has 1 aliphatic heterocycles. The van der Waals surface area contributed by atoms with Gasteiger partial charge in [0.1, 0.15) is 11.6 Å². The first-order chi connectivity index (χ1) is 15.0. The zero-order chi connectivity index (χ0) is 22.2. The van der Waals surface area contributed by atoms with Crippen LogP contribution in [0.5, 0.6) is 17.2 Å². The monoisotopic (exact) mass is 430 g/mol. The molecule has 0 N–H and O–H groups in total. The van der Waals surface area contributed by atoms with Gasteiger partial charge in [-0.25, -0.2) is 4.39 Å². The highest BCUT2D eigenvalue weighted by Crippen LogP contribution is 2.35. The molecule has 31 heavy (non-hydrogen) atoms. The third-order valence-corrected chi connectivity index (χ3v) is 6.06. The van der Waals surface area contributed by atoms with Gasteiger partial charge < -0.3 is 24.0 Å². The zero-order valence-corrected chi connectivity index (χ0v) is 19.2. The van der Waals surface area contributed by atoms with Gasteiger partial charge in [-0.15, -0.1) is 0 Å². The van der Waals surface area contributed by atoms with Crippen LogP contribution in [0, 0.1) is 11.7 Å². The topological polar surface area (TPSA) is 34.2 Å². The maximum Gasteiger partial charge on any atom is 0.164 e. The quantitative estimate of drug-likeness (QED) is 0.563. The molecule has 1 aliphatic rings. The largest absolute Gasteiger partial charge is 0.496 e. The van der Waals surface area contributed by atoms with Crippen molar-refractivity contribution in [3.63, 3.8) is 0 Å². The minimum Gasteiger partial charge on any atom is -0.496 e. The number of ether oxygens (including phenoxy) is 3. The van der Waals surface area contributed by atoms with Gasteiger partial charge in [0.2, 0.25) is 0 Å². The van der Waals surface area contributed by atoms with E-state index < -0.39 is 0 Å². The van der Waals surface area contributed by atoms with Crippen molar-refractivity contribution in [2.24, 2.45) is 5.92 Å². The van der Waals surface area contributed by atoms with Crippen LogP contribution in [0.15, 0.2) is 36.4 Å². The van der Waals surface area contributed by atoms with E-state index in [4.69, 9.17) is 14.2 Å². The summed E-state index contributed by atoms with van der Waals surface area (Å²) in [6, 6.07) is 11.0. The Labute approximate surface area is 185 Å². The molecule has 1 saturated heterocycles. The molecule has 3 rings (SSSR count). The van der Waals surface area contributed by atoms with Crippen molar-refractivity contribution in [3.05, 3.63) is 53.3 Å². The van der Waals surface area contributed by atoms with Crippen LogP contribution in [-0.2, 0) is 13.0 Å². The molecule has 2 aromatic rings. The van der Waals surface area contributed by atoms with Crippen molar-refractivity contribution in [3.8, 4) is 17.2 Å². The van der Waals surface area contributed by atoms with E-state index in [9.17, 15) is 4.39 Å². The predicted octanol–water partition coefficient (Wildman–Crippen LogP) is 4.24. The lowest BCUT2D eigenvalue weighted by Gasteiger charge is -2.35. The highest BCUT2D eigenvalue weighted by molar-refractivity contribution is 5.50. The Balaban J connectivity index is 1.55. The van der Waals surface area contributed by atoms with E-state index in [1.807, 2.05) is 24.3 Å². The molecular weight excluding hydrogens is 395 g/mol. The van der Waals surface area contributed by atoms with Crippen LogP contribution in [0.25, 0.3) is 0 Å². The molecule has 1 fully saturated rings. The van der Waals surface area contributed by atoms with Crippen molar-refractivity contribution in [1.82, 2.24) is 9.80 Å². The summed E-state index contributed by atoms with van der Waals surface area (Å²) in [5.74, 6) is 2.69. The molecule has 2 aromatic carbocycles. The van der Waals surface area contributed by atoms with E-state index in [1.54, 1.807) is 33.5 Å².